The van der Waals surface area contributed by atoms with E-state index in [-0.39, 0.29) is 24.0 Å². The van der Waals surface area contributed by atoms with E-state index in [2.05, 4.69) is 5.32 Å². The van der Waals surface area contributed by atoms with E-state index in [4.69, 9.17) is 4.74 Å². The van der Waals surface area contributed by atoms with Crippen LogP contribution >= 0.6 is 0 Å². The Morgan fingerprint density at radius 2 is 1.95 bits per heavy atom. The first kappa shape index (κ1) is 15.4. The minimum Gasteiger partial charge on any atom is -0.491 e. The maximum absolute atomic E-state index is 12.3. The predicted octanol–water partition coefficient (Wildman–Crippen LogP) is 2.42. The molecule has 114 valence electrons. The Kier molecular flexibility index (Phi) is 4.83. The van der Waals surface area contributed by atoms with Crippen LogP contribution in [-0.4, -0.2) is 35.4 Å². The maximum Gasteiger partial charge on any atom is 0.247 e. The summed E-state index contributed by atoms with van der Waals surface area (Å²) in [6.45, 7) is 6.09. The van der Waals surface area contributed by atoms with Gasteiger partial charge in [0.05, 0.1) is 6.10 Å². The largest absolute Gasteiger partial charge is 0.491 e. The third-order valence-corrected chi connectivity index (χ3v) is 3.45. The van der Waals surface area contributed by atoms with Crippen LogP contribution in [0.2, 0.25) is 0 Å². The van der Waals surface area contributed by atoms with E-state index in [9.17, 15) is 9.59 Å². The second kappa shape index (κ2) is 6.61. The van der Waals surface area contributed by atoms with Gasteiger partial charge in [-0.05, 0) is 51.0 Å². The summed E-state index contributed by atoms with van der Waals surface area (Å²) in [5.74, 6) is 0.600. The number of hydrogen-bond acceptors (Lipinski definition) is 3. The molecule has 1 fully saturated rings. The van der Waals surface area contributed by atoms with Crippen LogP contribution in [0.1, 0.15) is 33.6 Å². The van der Waals surface area contributed by atoms with Gasteiger partial charge in [0.25, 0.3) is 0 Å². The van der Waals surface area contributed by atoms with Gasteiger partial charge in [0, 0.05) is 19.2 Å². The van der Waals surface area contributed by atoms with Gasteiger partial charge in [0.2, 0.25) is 11.8 Å². The molecule has 1 saturated heterocycles. The third-order valence-electron chi connectivity index (χ3n) is 3.45. The molecule has 5 heteroatoms. The van der Waals surface area contributed by atoms with Gasteiger partial charge in [-0.2, -0.15) is 0 Å². The van der Waals surface area contributed by atoms with E-state index in [1.807, 2.05) is 38.1 Å². The third kappa shape index (κ3) is 3.97. The van der Waals surface area contributed by atoms with Gasteiger partial charge in [-0.15, -0.1) is 0 Å². The van der Waals surface area contributed by atoms with Gasteiger partial charge < -0.3 is 15.0 Å². The lowest BCUT2D eigenvalue weighted by atomic mass is 10.2. The summed E-state index contributed by atoms with van der Waals surface area (Å²) in [6.07, 6.45) is 1.71. The number of likely N-dealkylation sites (tertiary alicyclic amines) is 1. The van der Waals surface area contributed by atoms with E-state index in [1.54, 1.807) is 4.90 Å². The van der Waals surface area contributed by atoms with Crippen molar-refractivity contribution in [1.82, 2.24) is 4.90 Å². The zero-order valence-electron chi connectivity index (χ0n) is 12.8. The molecule has 1 heterocycles. The normalized spacial score (nSPS) is 17.9. The van der Waals surface area contributed by atoms with E-state index < -0.39 is 0 Å². The van der Waals surface area contributed by atoms with Crippen LogP contribution in [0, 0.1) is 0 Å². The van der Waals surface area contributed by atoms with Crippen LogP contribution in [0.3, 0.4) is 0 Å². The molecule has 1 aromatic rings. The molecule has 0 bridgehead atoms. The molecule has 1 aromatic carbocycles. The summed E-state index contributed by atoms with van der Waals surface area (Å²) in [7, 11) is 0. The Morgan fingerprint density at radius 3 is 2.52 bits per heavy atom. The molecule has 0 aliphatic carbocycles. The second-order valence-corrected chi connectivity index (χ2v) is 5.55. The average molecular weight is 290 g/mol. The highest BCUT2D eigenvalue weighted by Crippen LogP contribution is 2.21. The Labute approximate surface area is 125 Å². The highest BCUT2D eigenvalue weighted by atomic mass is 16.5. The zero-order chi connectivity index (χ0) is 15.4. The standard InChI is InChI=1S/C16H22N2O3/c1-11(2)21-14-8-6-13(7-9-14)17-16(20)15-5-4-10-18(15)12(3)19/h6-9,11,15H,4-5,10H2,1-3H3,(H,17,20)/t15-/m1/s1. The predicted molar refractivity (Wildman–Crippen MR) is 81.2 cm³/mol. The first-order valence-electron chi connectivity index (χ1n) is 7.32. The summed E-state index contributed by atoms with van der Waals surface area (Å²) < 4.78 is 5.56. The summed E-state index contributed by atoms with van der Waals surface area (Å²) in [4.78, 5) is 25.4. The Bertz CT molecular complexity index is 511. The molecule has 1 atom stereocenters. The molecular weight excluding hydrogens is 268 g/mol. The smallest absolute Gasteiger partial charge is 0.247 e. The van der Waals surface area contributed by atoms with E-state index >= 15 is 0 Å². The molecule has 2 rings (SSSR count). The molecule has 1 N–H and O–H groups in total. The summed E-state index contributed by atoms with van der Waals surface area (Å²) >= 11 is 0. The first-order chi connectivity index (χ1) is 9.97. The van der Waals surface area contributed by atoms with Crippen molar-refractivity contribution in [2.24, 2.45) is 0 Å². The molecule has 0 spiro atoms. The van der Waals surface area contributed by atoms with Gasteiger partial charge in [-0.3, -0.25) is 9.59 Å². The number of amides is 2. The van der Waals surface area contributed by atoms with Crippen molar-refractivity contribution >= 4 is 17.5 Å². The Hall–Kier alpha value is -2.04. The number of hydrogen-bond donors (Lipinski definition) is 1. The molecule has 5 nitrogen and oxygen atoms in total. The quantitative estimate of drug-likeness (QED) is 0.926. The summed E-state index contributed by atoms with van der Waals surface area (Å²) in [5.41, 5.74) is 0.714. The number of ether oxygens (including phenoxy) is 1. The molecule has 1 aliphatic heterocycles. The number of nitrogens with one attached hydrogen (secondary N) is 1. The van der Waals surface area contributed by atoms with Crippen LogP contribution in [-0.2, 0) is 9.59 Å². The monoisotopic (exact) mass is 290 g/mol. The molecule has 1 aliphatic rings. The minimum atomic E-state index is -0.353. The number of nitrogens with zero attached hydrogens (tertiary/aromatic N) is 1. The van der Waals surface area contributed by atoms with E-state index in [0.717, 1.165) is 18.6 Å². The minimum absolute atomic E-state index is 0.0478. The fourth-order valence-corrected chi connectivity index (χ4v) is 2.53. The molecule has 0 saturated carbocycles. The second-order valence-electron chi connectivity index (χ2n) is 5.55. The molecule has 21 heavy (non-hydrogen) atoms. The molecular formula is C16H22N2O3. The van der Waals surface area contributed by atoms with Crippen molar-refractivity contribution in [3.05, 3.63) is 24.3 Å². The van der Waals surface area contributed by atoms with Gasteiger partial charge in [0.1, 0.15) is 11.8 Å². The van der Waals surface area contributed by atoms with Crippen LogP contribution in [0.15, 0.2) is 24.3 Å². The van der Waals surface area contributed by atoms with Gasteiger partial charge >= 0.3 is 0 Å². The van der Waals surface area contributed by atoms with Crippen molar-refractivity contribution in [3.63, 3.8) is 0 Å². The van der Waals surface area contributed by atoms with Crippen molar-refractivity contribution < 1.29 is 14.3 Å². The number of anilines is 1. The van der Waals surface area contributed by atoms with Gasteiger partial charge in [-0.25, -0.2) is 0 Å². The summed E-state index contributed by atoms with van der Waals surface area (Å²) in [6, 6.07) is 6.92. The Morgan fingerprint density at radius 1 is 1.29 bits per heavy atom. The van der Waals surface area contributed by atoms with Gasteiger partial charge in [0.15, 0.2) is 0 Å². The number of carbonyl (C=O) groups excluding carboxylic acids is 2. The fraction of sp³-hybridized carbons (Fsp3) is 0.500. The van der Waals surface area contributed by atoms with Crippen LogP contribution in [0.4, 0.5) is 5.69 Å². The van der Waals surface area contributed by atoms with Gasteiger partial charge in [-0.1, -0.05) is 0 Å². The van der Waals surface area contributed by atoms with Crippen LogP contribution < -0.4 is 10.1 Å². The highest BCUT2D eigenvalue weighted by molar-refractivity contribution is 5.97. The SMILES string of the molecule is CC(=O)N1CCC[C@@H]1C(=O)Nc1ccc(OC(C)C)cc1. The number of benzene rings is 1. The Balaban J connectivity index is 1.97. The number of rotatable bonds is 4. The van der Waals surface area contributed by atoms with Crippen molar-refractivity contribution in [2.75, 3.05) is 11.9 Å². The molecule has 0 radical (unpaired) electrons. The van der Waals surface area contributed by atoms with E-state index in [1.165, 1.54) is 6.92 Å². The highest BCUT2D eigenvalue weighted by Gasteiger charge is 2.32. The lowest BCUT2D eigenvalue weighted by Crippen LogP contribution is -2.42. The van der Waals surface area contributed by atoms with E-state index in [0.29, 0.717) is 12.2 Å². The van der Waals surface area contributed by atoms with Crippen LogP contribution in [0.5, 0.6) is 5.75 Å². The van der Waals surface area contributed by atoms with Crippen molar-refractivity contribution in [2.45, 2.75) is 45.8 Å². The summed E-state index contributed by atoms with van der Waals surface area (Å²) in [5, 5.41) is 2.86. The van der Waals surface area contributed by atoms with Crippen molar-refractivity contribution in [3.8, 4) is 5.75 Å². The van der Waals surface area contributed by atoms with Crippen molar-refractivity contribution in [1.29, 1.82) is 0 Å². The molecule has 0 aromatic heterocycles. The fourth-order valence-electron chi connectivity index (χ4n) is 2.53. The first-order valence-corrected chi connectivity index (χ1v) is 7.32. The molecule has 0 unspecified atom stereocenters. The maximum atomic E-state index is 12.3. The lowest BCUT2D eigenvalue weighted by Gasteiger charge is -2.22. The number of carbonyl (C=O) groups is 2. The van der Waals surface area contributed by atoms with Crippen LogP contribution in [0.25, 0.3) is 0 Å². The average Bonchev–Trinajstić information content (AvgIpc) is 2.90. The zero-order valence-corrected chi connectivity index (χ0v) is 12.8. The topological polar surface area (TPSA) is 58.6 Å². The molecule has 2 amide bonds. The lowest BCUT2D eigenvalue weighted by molar-refractivity contribution is -0.134.